The van der Waals surface area contributed by atoms with Crippen LogP contribution in [0.25, 0.3) is 5.69 Å². The zero-order chi connectivity index (χ0) is 13.0. The van der Waals surface area contributed by atoms with Gasteiger partial charge in [0.05, 0.1) is 12.8 Å². The van der Waals surface area contributed by atoms with Crippen molar-refractivity contribution in [2.75, 3.05) is 19.0 Å². The highest BCUT2D eigenvalue weighted by molar-refractivity contribution is 9.10. The molecule has 1 heterocycles. The average Bonchev–Trinajstić information content (AvgIpc) is 2.85. The molecule has 0 spiro atoms. The van der Waals surface area contributed by atoms with Crippen molar-refractivity contribution in [3.8, 4) is 11.4 Å². The maximum Gasteiger partial charge on any atom is 0.207 e. The summed E-state index contributed by atoms with van der Waals surface area (Å²) in [6.45, 7) is 3.03. The first-order chi connectivity index (χ1) is 8.76. The molecule has 1 aromatic heterocycles. The van der Waals surface area contributed by atoms with Gasteiger partial charge in [0.25, 0.3) is 0 Å². The molecule has 2 aromatic rings. The van der Waals surface area contributed by atoms with E-state index in [4.69, 9.17) is 4.74 Å². The van der Waals surface area contributed by atoms with Crippen molar-refractivity contribution in [2.45, 2.75) is 13.3 Å². The molecular weight excluding hydrogens is 294 g/mol. The second-order valence-corrected chi connectivity index (χ2v) is 4.72. The predicted molar refractivity (Wildman–Crippen MR) is 76.6 cm³/mol. The first-order valence-electron chi connectivity index (χ1n) is 5.87. The van der Waals surface area contributed by atoms with Crippen molar-refractivity contribution in [3.63, 3.8) is 0 Å². The number of aromatic nitrogens is 2. The van der Waals surface area contributed by atoms with Gasteiger partial charge in [-0.3, -0.25) is 4.57 Å². The number of hydrogen-bond acceptors (Lipinski definition) is 3. The number of imidazole rings is 1. The maximum absolute atomic E-state index is 5.25. The summed E-state index contributed by atoms with van der Waals surface area (Å²) < 4.78 is 8.26. The number of ether oxygens (including phenoxy) is 1. The maximum atomic E-state index is 5.25. The Morgan fingerprint density at radius 3 is 3.00 bits per heavy atom. The normalized spacial score (nSPS) is 10.4. The molecule has 0 aliphatic heterocycles. The third kappa shape index (κ3) is 2.67. The second kappa shape index (κ2) is 5.91. The summed E-state index contributed by atoms with van der Waals surface area (Å²) in [5, 5.41) is 3.30. The number of nitrogens with zero attached hydrogens (tertiary/aromatic N) is 2. The van der Waals surface area contributed by atoms with Crippen LogP contribution in [0.1, 0.15) is 13.3 Å². The zero-order valence-electron chi connectivity index (χ0n) is 10.5. The van der Waals surface area contributed by atoms with Crippen molar-refractivity contribution in [3.05, 3.63) is 35.1 Å². The lowest BCUT2D eigenvalue weighted by molar-refractivity contribution is 0.414. The molecule has 18 heavy (non-hydrogen) atoms. The van der Waals surface area contributed by atoms with Crippen LogP contribution in [-0.2, 0) is 0 Å². The first-order valence-corrected chi connectivity index (χ1v) is 6.66. The van der Waals surface area contributed by atoms with Crippen LogP contribution in [0.3, 0.4) is 0 Å². The van der Waals surface area contributed by atoms with Gasteiger partial charge < -0.3 is 10.1 Å². The topological polar surface area (TPSA) is 39.1 Å². The van der Waals surface area contributed by atoms with Gasteiger partial charge >= 0.3 is 0 Å². The van der Waals surface area contributed by atoms with E-state index in [0.717, 1.165) is 34.8 Å². The van der Waals surface area contributed by atoms with Gasteiger partial charge in [0.2, 0.25) is 5.95 Å². The molecule has 0 unspecified atom stereocenters. The molecule has 5 heteroatoms. The number of rotatable bonds is 5. The molecular formula is C13H16BrN3O. The van der Waals surface area contributed by atoms with Crippen molar-refractivity contribution >= 4 is 21.9 Å². The molecule has 96 valence electrons. The minimum Gasteiger partial charge on any atom is -0.497 e. The van der Waals surface area contributed by atoms with Crippen LogP contribution in [0.5, 0.6) is 5.75 Å². The van der Waals surface area contributed by atoms with Gasteiger partial charge in [-0.1, -0.05) is 6.92 Å². The van der Waals surface area contributed by atoms with Crippen LogP contribution in [0.15, 0.2) is 35.1 Å². The predicted octanol–water partition coefficient (Wildman–Crippen LogP) is 3.47. The summed E-state index contributed by atoms with van der Waals surface area (Å²) >= 11 is 3.55. The van der Waals surface area contributed by atoms with Gasteiger partial charge in [0, 0.05) is 29.5 Å². The van der Waals surface area contributed by atoms with E-state index in [-0.39, 0.29) is 0 Å². The Hall–Kier alpha value is -1.49. The Morgan fingerprint density at radius 1 is 1.44 bits per heavy atom. The lowest BCUT2D eigenvalue weighted by Crippen LogP contribution is -2.07. The number of methoxy groups -OCH3 is 1. The zero-order valence-corrected chi connectivity index (χ0v) is 12.1. The van der Waals surface area contributed by atoms with E-state index in [1.165, 1.54) is 0 Å². The molecule has 0 saturated heterocycles. The Morgan fingerprint density at radius 2 is 2.28 bits per heavy atom. The molecule has 0 atom stereocenters. The van der Waals surface area contributed by atoms with Gasteiger partial charge in [0.15, 0.2) is 0 Å². The van der Waals surface area contributed by atoms with E-state index in [1.807, 2.05) is 29.0 Å². The summed E-state index contributed by atoms with van der Waals surface area (Å²) in [5.41, 5.74) is 1.01. The van der Waals surface area contributed by atoms with E-state index in [0.29, 0.717) is 0 Å². The summed E-state index contributed by atoms with van der Waals surface area (Å²) in [6, 6.07) is 5.87. The number of benzene rings is 1. The fraction of sp³-hybridized carbons (Fsp3) is 0.308. The highest BCUT2D eigenvalue weighted by Crippen LogP contribution is 2.27. The largest absolute Gasteiger partial charge is 0.497 e. The quantitative estimate of drug-likeness (QED) is 0.919. The standard InChI is InChI=1S/C13H16BrN3O/c1-3-6-15-13-16-7-8-17(13)12-9-10(18-2)4-5-11(12)14/h4-5,7-9H,3,6H2,1-2H3,(H,15,16). The molecule has 4 nitrogen and oxygen atoms in total. The van der Waals surface area contributed by atoms with Gasteiger partial charge in [-0.25, -0.2) is 4.98 Å². The lowest BCUT2D eigenvalue weighted by atomic mass is 10.3. The minimum atomic E-state index is 0.823. The van der Waals surface area contributed by atoms with Gasteiger partial charge in [0.1, 0.15) is 5.75 Å². The van der Waals surface area contributed by atoms with Crippen LogP contribution in [0.2, 0.25) is 0 Å². The van der Waals surface area contributed by atoms with Crippen molar-refractivity contribution in [1.29, 1.82) is 0 Å². The van der Waals surface area contributed by atoms with Crippen LogP contribution >= 0.6 is 15.9 Å². The van der Waals surface area contributed by atoms with E-state index in [1.54, 1.807) is 13.3 Å². The second-order valence-electron chi connectivity index (χ2n) is 3.86. The third-order valence-corrected chi connectivity index (χ3v) is 3.26. The summed E-state index contributed by atoms with van der Waals surface area (Å²) in [5.74, 6) is 1.66. The van der Waals surface area contributed by atoms with Crippen LogP contribution < -0.4 is 10.1 Å². The third-order valence-electron chi connectivity index (χ3n) is 2.59. The van der Waals surface area contributed by atoms with Crippen LogP contribution in [0, 0.1) is 0 Å². The fourth-order valence-corrected chi connectivity index (χ4v) is 2.11. The number of hydrogen-bond donors (Lipinski definition) is 1. The van der Waals surface area contributed by atoms with Gasteiger partial charge in [-0.05, 0) is 34.5 Å². The Bertz CT molecular complexity index is 525. The first kappa shape index (κ1) is 13.0. The van der Waals surface area contributed by atoms with Crippen LogP contribution in [-0.4, -0.2) is 23.2 Å². The van der Waals surface area contributed by atoms with Crippen molar-refractivity contribution in [2.24, 2.45) is 0 Å². The lowest BCUT2D eigenvalue weighted by Gasteiger charge is -2.12. The summed E-state index contributed by atoms with van der Waals surface area (Å²) in [7, 11) is 1.66. The molecule has 0 bridgehead atoms. The monoisotopic (exact) mass is 309 g/mol. The Balaban J connectivity index is 2.38. The van der Waals surface area contributed by atoms with E-state index < -0.39 is 0 Å². The molecule has 0 aliphatic carbocycles. The highest BCUT2D eigenvalue weighted by atomic mass is 79.9. The fourth-order valence-electron chi connectivity index (χ4n) is 1.67. The number of halogens is 1. The molecule has 0 fully saturated rings. The Kier molecular flexibility index (Phi) is 4.25. The van der Waals surface area contributed by atoms with Crippen molar-refractivity contribution in [1.82, 2.24) is 9.55 Å². The van der Waals surface area contributed by atoms with Crippen LogP contribution in [0.4, 0.5) is 5.95 Å². The van der Waals surface area contributed by atoms with Gasteiger partial charge in [-0.2, -0.15) is 0 Å². The summed E-state index contributed by atoms with van der Waals surface area (Å²) in [4.78, 5) is 4.32. The Labute approximate surface area is 115 Å². The molecule has 0 amide bonds. The van der Waals surface area contributed by atoms with Crippen molar-refractivity contribution < 1.29 is 4.74 Å². The summed E-state index contributed by atoms with van der Waals surface area (Å²) in [6.07, 6.45) is 4.77. The molecule has 0 saturated carbocycles. The van der Waals surface area contributed by atoms with Gasteiger partial charge in [-0.15, -0.1) is 0 Å². The molecule has 0 aliphatic rings. The highest BCUT2D eigenvalue weighted by Gasteiger charge is 2.08. The average molecular weight is 310 g/mol. The van der Waals surface area contributed by atoms with E-state index in [2.05, 4.69) is 33.2 Å². The molecule has 1 N–H and O–H groups in total. The number of nitrogens with one attached hydrogen (secondary N) is 1. The molecule has 1 aromatic carbocycles. The molecule has 0 radical (unpaired) electrons. The van der Waals surface area contributed by atoms with E-state index >= 15 is 0 Å². The van der Waals surface area contributed by atoms with E-state index in [9.17, 15) is 0 Å². The minimum absolute atomic E-state index is 0.823. The smallest absolute Gasteiger partial charge is 0.207 e. The molecule has 2 rings (SSSR count). The SMILES string of the molecule is CCCNc1nccn1-c1cc(OC)ccc1Br. The number of anilines is 1.